The van der Waals surface area contributed by atoms with Crippen molar-refractivity contribution in [1.29, 1.82) is 0 Å². The summed E-state index contributed by atoms with van der Waals surface area (Å²) in [5.74, 6) is -0.882. The maximum absolute atomic E-state index is 12.0. The van der Waals surface area contributed by atoms with Crippen LogP contribution < -0.4 is 0 Å². The molecule has 0 unspecified atom stereocenters. The number of ether oxygens (including phenoxy) is 1. The smallest absolute Gasteiger partial charge is 0.329 e. The summed E-state index contributed by atoms with van der Waals surface area (Å²) in [6.45, 7) is 2.24. The van der Waals surface area contributed by atoms with Crippen LogP contribution in [-0.4, -0.2) is 52.3 Å². The van der Waals surface area contributed by atoms with E-state index in [9.17, 15) is 9.59 Å². The Morgan fingerprint density at radius 1 is 1.30 bits per heavy atom. The van der Waals surface area contributed by atoms with Gasteiger partial charge in [-0.25, -0.2) is 4.79 Å². The predicted molar refractivity (Wildman–Crippen MR) is 70.4 cm³/mol. The topological polar surface area (TPSA) is 87.1 Å². The van der Waals surface area contributed by atoms with Crippen LogP contribution in [0.1, 0.15) is 12.5 Å². The summed E-state index contributed by atoms with van der Waals surface area (Å²) in [5.41, 5.74) is 0.260. The molecule has 20 heavy (non-hydrogen) atoms. The average Bonchev–Trinajstić information content (AvgIpc) is 2.35. The van der Waals surface area contributed by atoms with Crippen LogP contribution in [0.5, 0.6) is 5.75 Å². The molecule has 1 fully saturated rings. The Kier molecular flexibility index (Phi) is 3.94. The van der Waals surface area contributed by atoms with Gasteiger partial charge in [0.25, 0.3) is 0 Å². The lowest BCUT2D eigenvalue weighted by atomic mass is 9.95. The number of likely N-dealkylation sites (tertiary alicyclic amines) is 1. The summed E-state index contributed by atoms with van der Waals surface area (Å²) >= 11 is 0. The number of rotatable bonds is 5. The number of benzene rings is 1. The van der Waals surface area contributed by atoms with Crippen molar-refractivity contribution in [3.8, 4) is 5.75 Å². The van der Waals surface area contributed by atoms with E-state index in [1.54, 1.807) is 36.1 Å². The Labute approximate surface area is 116 Å². The quantitative estimate of drug-likeness (QED) is 0.825. The van der Waals surface area contributed by atoms with Crippen molar-refractivity contribution in [1.82, 2.24) is 4.90 Å². The van der Waals surface area contributed by atoms with Crippen LogP contribution >= 0.6 is 0 Å². The zero-order valence-corrected chi connectivity index (χ0v) is 11.2. The molecule has 1 aliphatic heterocycles. The number of phenols is 1. The molecule has 1 aliphatic rings. The average molecular weight is 279 g/mol. The van der Waals surface area contributed by atoms with Crippen LogP contribution in [0.15, 0.2) is 24.3 Å². The van der Waals surface area contributed by atoms with E-state index in [0.717, 1.165) is 5.56 Å². The summed E-state index contributed by atoms with van der Waals surface area (Å²) in [5, 5.41) is 17.7. The van der Waals surface area contributed by atoms with Gasteiger partial charge in [-0.05, 0) is 24.6 Å². The van der Waals surface area contributed by atoms with E-state index in [0.29, 0.717) is 13.1 Å². The van der Waals surface area contributed by atoms with Crippen molar-refractivity contribution in [2.75, 3.05) is 19.7 Å². The number of aliphatic carboxylic acids is 1. The van der Waals surface area contributed by atoms with Crippen molar-refractivity contribution in [2.45, 2.75) is 18.9 Å². The third kappa shape index (κ3) is 3.48. The van der Waals surface area contributed by atoms with Crippen molar-refractivity contribution in [3.63, 3.8) is 0 Å². The van der Waals surface area contributed by atoms with Crippen LogP contribution in [0.3, 0.4) is 0 Å². The normalized spacial score (nSPS) is 16.6. The molecule has 1 amide bonds. The Hall–Kier alpha value is -2.08. The number of aromatic hydroxyl groups is 1. The lowest BCUT2D eigenvalue weighted by Gasteiger charge is -2.47. The van der Waals surface area contributed by atoms with Crippen molar-refractivity contribution >= 4 is 11.9 Å². The fraction of sp³-hybridized carbons (Fsp3) is 0.429. The van der Waals surface area contributed by atoms with Crippen molar-refractivity contribution in [3.05, 3.63) is 29.8 Å². The van der Waals surface area contributed by atoms with Gasteiger partial charge in [0.15, 0.2) is 0 Å². The maximum atomic E-state index is 12.0. The van der Waals surface area contributed by atoms with E-state index in [1.165, 1.54) is 0 Å². The summed E-state index contributed by atoms with van der Waals surface area (Å²) in [6.07, 6.45) is 0.259. The second kappa shape index (κ2) is 5.50. The molecule has 2 N–H and O–H groups in total. The third-order valence-corrected chi connectivity index (χ3v) is 3.24. The Balaban J connectivity index is 1.81. The van der Waals surface area contributed by atoms with Crippen molar-refractivity contribution < 1.29 is 24.5 Å². The molecule has 2 rings (SSSR count). The monoisotopic (exact) mass is 279 g/mol. The molecule has 6 heteroatoms. The first-order chi connectivity index (χ1) is 9.38. The minimum Gasteiger partial charge on any atom is -0.508 e. The van der Waals surface area contributed by atoms with Crippen molar-refractivity contribution in [2.24, 2.45) is 0 Å². The molecule has 6 nitrogen and oxygen atoms in total. The highest BCUT2D eigenvalue weighted by molar-refractivity contribution is 5.80. The van der Waals surface area contributed by atoms with Crippen LogP contribution in [0.2, 0.25) is 0 Å². The molecular weight excluding hydrogens is 262 g/mol. The summed E-state index contributed by atoms with van der Waals surface area (Å²) in [4.78, 5) is 24.1. The second-order valence-electron chi connectivity index (χ2n) is 5.23. The van der Waals surface area contributed by atoms with Gasteiger partial charge in [-0.3, -0.25) is 4.79 Å². The number of amides is 1. The molecule has 0 aromatic heterocycles. The van der Waals surface area contributed by atoms with E-state index in [4.69, 9.17) is 14.9 Å². The molecule has 1 aromatic rings. The first-order valence-corrected chi connectivity index (χ1v) is 6.29. The van der Waals surface area contributed by atoms with E-state index in [1.807, 2.05) is 0 Å². The fourth-order valence-electron chi connectivity index (χ4n) is 2.16. The number of phenolic OH excluding ortho intramolecular Hbond substituents is 1. The highest BCUT2D eigenvalue weighted by Crippen LogP contribution is 2.25. The minimum absolute atomic E-state index is 0.0351. The van der Waals surface area contributed by atoms with E-state index >= 15 is 0 Å². The van der Waals surface area contributed by atoms with Gasteiger partial charge in [0.2, 0.25) is 5.91 Å². The largest absolute Gasteiger partial charge is 0.508 e. The number of nitrogens with zero attached hydrogens (tertiary/aromatic N) is 1. The SMILES string of the molecule is CC1(OCC(=O)O)CN(C(=O)Cc2ccc(O)cc2)C1. The van der Waals surface area contributed by atoms with E-state index < -0.39 is 11.6 Å². The zero-order chi connectivity index (χ0) is 14.8. The van der Waals surface area contributed by atoms with E-state index in [2.05, 4.69) is 0 Å². The molecule has 1 aromatic carbocycles. The third-order valence-electron chi connectivity index (χ3n) is 3.24. The molecule has 0 atom stereocenters. The van der Waals surface area contributed by atoms with Crippen LogP contribution in [-0.2, 0) is 20.7 Å². The Bertz CT molecular complexity index is 505. The number of carbonyl (C=O) groups is 2. The summed E-state index contributed by atoms with van der Waals surface area (Å²) in [6, 6.07) is 6.48. The van der Waals surface area contributed by atoms with Gasteiger partial charge in [-0.1, -0.05) is 12.1 Å². The highest BCUT2D eigenvalue weighted by Gasteiger charge is 2.42. The highest BCUT2D eigenvalue weighted by atomic mass is 16.5. The van der Waals surface area contributed by atoms with Gasteiger partial charge in [0.1, 0.15) is 18.0 Å². The molecule has 0 radical (unpaired) electrons. The van der Waals surface area contributed by atoms with Gasteiger partial charge >= 0.3 is 5.97 Å². The lowest BCUT2D eigenvalue weighted by Crippen LogP contribution is -2.63. The first kappa shape index (κ1) is 14.3. The number of hydrogen-bond donors (Lipinski definition) is 2. The molecule has 0 aliphatic carbocycles. The van der Waals surface area contributed by atoms with E-state index in [-0.39, 0.29) is 24.7 Å². The van der Waals surface area contributed by atoms with Gasteiger partial charge in [-0.2, -0.15) is 0 Å². The Morgan fingerprint density at radius 2 is 1.90 bits per heavy atom. The molecule has 0 bridgehead atoms. The van der Waals surface area contributed by atoms with Gasteiger partial charge in [0, 0.05) is 0 Å². The maximum Gasteiger partial charge on any atom is 0.329 e. The molecular formula is C14H17NO5. The summed E-state index contributed by atoms with van der Waals surface area (Å²) < 4.78 is 5.25. The molecule has 0 spiro atoms. The zero-order valence-electron chi connectivity index (χ0n) is 11.2. The second-order valence-corrected chi connectivity index (χ2v) is 5.23. The Morgan fingerprint density at radius 3 is 2.45 bits per heavy atom. The first-order valence-electron chi connectivity index (χ1n) is 6.29. The summed E-state index contributed by atoms with van der Waals surface area (Å²) in [7, 11) is 0. The van der Waals surface area contributed by atoms with Crippen LogP contribution in [0.4, 0.5) is 0 Å². The van der Waals surface area contributed by atoms with Gasteiger partial charge < -0.3 is 19.8 Å². The number of carboxylic acid groups (broad SMARTS) is 1. The standard InChI is InChI=1S/C14H17NO5/c1-14(20-7-13(18)19)8-15(9-14)12(17)6-10-2-4-11(16)5-3-10/h2-5,16H,6-9H2,1H3,(H,18,19). The van der Waals surface area contributed by atoms with Gasteiger partial charge in [-0.15, -0.1) is 0 Å². The molecule has 108 valence electrons. The lowest BCUT2D eigenvalue weighted by molar-refractivity contribution is -0.172. The van der Waals surface area contributed by atoms with Crippen LogP contribution in [0.25, 0.3) is 0 Å². The fourth-order valence-corrected chi connectivity index (χ4v) is 2.16. The number of hydrogen-bond acceptors (Lipinski definition) is 4. The predicted octanol–water partition coefficient (Wildman–Crippen LogP) is 0.637. The molecule has 1 saturated heterocycles. The molecule has 0 saturated carbocycles. The minimum atomic E-state index is -1.01. The molecule has 1 heterocycles. The van der Waals surface area contributed by atoms with Crippen LogP contribution in [0, 0.1) is 0 Å². The number of carboxylic acids is 1. The number of carbonyl (C=O) groups excluding carboxylic acids is 1. The van der Waals surface area contributed by atoms with Gasteiger partial charge in [0.05, 0.1) is 19.5 Å².